The standard InChI is InChI=1S/C11H16FNO2/c12-10-8-9(4-5-11(10)13)15-7-3-1-2-6-14/h4-5,8,14H,1-3,6-7,13H2. The van der Waals surface area contributed by atoms with E-state index in [2.05, 4.69) is 0 Å². The molecular formula is C11H16FNO2. The minimum Gasteiger partial charge on any atom is -0.493 e. The molecule has 0 aliphatic heterocycles. The summed E-state index contributed by atoms with van der Waals surface area (Å²) in [5, 5.41) is 8.55. The molecule has 0 saturated heterocycles. The van der Waals surface area contributed by atoms with Gasteiger partial charge >= 0.3 is 0 Å². The Labute approximate surface area is 88.7 Å². The van der Waals surface area contributed by atoms with E-state index >= 15 is 0 Å². The van der Waals surface area contributed by atoms with Gasteiger partial charge in [0.05, 0.1) is 12.3 Å². The topological polar surface area (TPSA) is 55.5 Å². The quantitative estimate of drug-likeness (QED) is 0.561. The molecule has 0 amide bonds. The zero-order valence-corrected chi connectivity index (χ0v) is 8.58. The van der Waals surface area contributed by atoms with E-state index in [1.165, 1.54) is 12.1 Å². The van der Waals surface area contributed by atoms with Crippen LogP contribution in [-0.2, 0) is 0 Å². The van der Waals surface area contributed by atoms with E-state index in [1.54, 1.807) is 6.07 Å². The van der Waals surface area contributed by atoms with Crippen LogP contribution in [0.3, 0.4) is 0 Å². The zero-order valence-electron chi connectivity index (χ0n) is 8.58. The molecule has 0 aromatic heterocycles. The lowest BCUT2D eigenvalue weighted by Crippen LogP contribution is -1.99. The maximum absolute atomic E-state index is 13.0. The minimum absolute atomic E-state index is 0.127. The van der Waals surface area contributed by atoms with Gasteiger partial charge in [0.1, 0.15) is 11.6 Å². The molecule has 0 fully saturated rings. The smallest absolute Gasteiger partial charge is 0.149 e. The molecule has 3 N–H and O–H groups in total. The van der Waals surface area contributed by atoms with Gasteiger partial charge in [0.2, 0.25) is 0 Å². The second-order valence-electron chi connectivity index (χ2n) is 3.32. The molecule has 0 bridgehead atoms. The van der Waals surface area contributed by atoms with Gasteiger partial charge < -0.3 is 15.6 Å². The number of halogens is 1. The number of hydrogen-bond donors (Lipinski definition) is 2. The average molecular weight is 213 g/mol. The molecule has 4 heteroatoms. The molecule has 3 nitrogen and oxygen atoms in total. The SMILES string of the molecule is Nc1ccc(OCCCCCO)cc1F. The number of nitrogen functional groups attached to an aromatic ring is 1. The molecule has 0 heterocycles. The number of hydrogen-bond acceptors (Lipinski definition) is 3. The number of aliphatic hydroxyl groups is 1. The molecule has 0 spiro atoms. The molecule has 1 aromatic rings. The highest BCUT2D eigenvalue weighted by molar-refractivity contribution is 5.43. The van der Waals surface area contributed by atoms with Crippen LogP contribution in [0.2, 0.25) is 0 Å². The van der Waals surface area contributed by atoms with Crippen LogP contribution >= 0.6 is 0 Å². The molecular weight excluding hydrogens is 197 g/mol. The van der Waals surface area contributed by atoms with E-state index in [4.69, 9.17) is 15.6 Å². The Bertz CT molecular complexity index is 305. The van der Waals surface area contributed by atoms with Crippen molar-refractivity contribution in [1.29, 1.82) is 0 Å². The van der Waals surface area contributed by atoms with Crippen molar-refractivity contribution >= 4 is 5.69 Å². The van der Waals surface area contributed by atoms with Crippen molar-refractivity contribution in [1.82, 2.24) is 0 Å². The van der Waals surface area contributed by atoms with Gasteiger partial charge in [-0.1, -0.05) is 0 Å². The van der Waals surface area contributed by atoms with Crippen LogP contribution in [0.4, 0.5) is 10.1 Å². The predicted molar refractivity (Wildman–Crippen MR) is 57.2 cm³/mol. The van der Waals surface area contributed by atoms with E-state index in [0.29, 0.717) is 12.4 Å². The molecule has 0 atom stereocenters. The Kier molecular flexibility index (Phi) is 4.90. The predicted octanol–water partition coefficient (Wildman–Crippen LogP) is 1.95. The van der Waals surface area contributed by atoms with E-state index in [0.717, 1.165) is 19.3 Å². The molecule has 0 aliphatic rings. The Morgan fingerprint density at radius 1 is 1.27 bits per heavy atom. The normalized spacial score (nSPS) is 10.3. The fourth-order valence-electron chi connectivity index (χ4n) is 1.18. The van der Waals surface area contributed by atoms with E-state index < -0.39 is 5.82 Å². The first-order valence-corrected chi connectivity index (χ1v) is 5.02. The summed E-state index contributed by atoms with van der Waals surface area (Å²) in [5.74, 6) is 0.0357. The summed E-state index contributed by atoms with van der Waals surface area (Å²) in [4.78, 5) is 0. The summed E-state index contributed by atoms with van der Waals surface area (Å²) in [6, 6.07) is 4.41. The van der Waals surface area contributed by atoms with Crippen molar-refractivity contribution in [2.45, 2.75) is 19.3 Å². The molecule has 1 aromatic carbocycles. The van der Waals surface area contributed by atoms with Crippen molar-refractivity contribution in [2.75, 3.05) is 18.9 Å². The molecule has 0 radical (unpaired) electrons. The molecule has 0 saturated carbocycles. The van der Waals surface area contributed by atoms with Crippen molar-refractivity contribution < 1.29 is 14.2 Å². The highest BCUT2D eigenvalue weighted by Gasteiger charge is 2.00. The number of unbranched alkanes of at least 4 members (excludes halogenated alkanes) is 2. The van der Waals surface area contributed by atoms with Gasteiger partial charge in [-0.05, 0) is 31.4 Å². The van der Waals surface area contributed by atoms with Crippen LogP contribution in [-0.4, -0.2) is 18.3 Å². The summed E-state index contributed by atoms with van der Waals surface area (Å²) < 4.78 is 18.3. The summed E-state index contributed by atoms with van der Waals surface area (Å²) in [6.45, 7) is 0.736. The second-order valence-corrected chi connectivity index (χ2v) is 3.32. The monoisotopic (exact) mass is 213 g/mol. The Balaban J connectivity index is 2.28. The highest BCUT2D eigenvalue weighted by Crippen LogP contribution is 2.18. The van der Waals surface area contributed by atoms with Crippen molar-refractivity contribution in [3.05, 3.63) is 24.0 Å². The summed E-state index contributed by atoms with van der Waals surface area (Å²) >= 11 is 0. The molecule has 0 aliphatic carbocycles. The first-order chi connectivity index (χ1) is 7.24. The first kappa shape index (κ1) is 11.8. The highest BCUT2D eigenvalue weighted by atomic mass is 19.1. The number of anilines is 1. The number of benzene rings is 1. The Morgan fingerprint density at radius 2 is 2.07 bits per heavy atom. The van der Waals surface area contributed by atoms with Crippen molar-refractivity contribution in [3.63, 3.8) is 0 Å². The van der Waals surface area contributed by atoms with Crippen molar-refractivity contribution in [3.8, 4) is 5.75 Å². The van der Waals surface area contributed by atoms with Gasteiger partial charge in [-0.25, -0.2) is 4.39 Å². The number of aliphatic hydroxyl groups excluding tert-OH is 1. The van der Waals surface area contributed by atoms with E-state index in [9.17, 15) is 4.39 Å². The lowest BCUT2D eigenvalue weighted by molar-refractivity contribution is 0.266. The van der Waals surface area contributed by atoms with Gasteiger partial charge in [0.15, 0.2) is 0 Å². The second kappa shape index (κ2) is 6.24. The Hall–Kier alpha value is -1.29. The summed E-state index contributed by atoms with van der Waals surface area (Å²) in [7, 11) is 0. The third-order valence-electron chi connectivity index (χ3n) is 2.04. The maximum Gasteiger partial charge on any atom is 0.149 e. The van der Waals surface area contributed by atoms with Gasteiger partial charge in [0.25, 0.3) is 0 Å². The van der Waals surface area contributed by atoms with Crippen LogP contribution in [0.1, 0.15) is 19.3 Å². The third-order valence-corrected chi connectivity index (χ3v) is 2.04. The van der Waals surface area contributed by atoms with Crippen LogP contribution in [0.15, 0.2) is 18.2 Å². The lowest BCUT2D eigenvalue weighted by atomic mass is 10.2. The van der Waals surface area contributed by atoms with E-state index in [-0.39, 0.29) is 12.3 Å². The lowest BCUT2D eigenvalue weighted by Gasteiger charge is -2.06. The number of nitrogens with two attached hydrogens (primary N) is 1. The summed E-state index contributed by atoms with van der Waals surface area (Å²) in [6.07, 6.45) is 2.54. The maximum atomic E-state index is 13.0. The Morgan fingerprint density at radius 3 is 2.73 bits per heavy atom. The number of rotatable bonds is 6. The fourth-order valence-corrected chi connectivity index (χ4v) is 1.18. The zero-order chi connectivity index (χ0) is 11.1. The van der Waals surface area contributed by atoms with Crippen LogP contribution in [0.5, 0.6) is 5.75 Å². The van der Waals surface area contributed by atoms with Gasteiger partial charge in [-0.2, -0.15) is 0 Å². The van der Waals surface area contributed by atoms with Crippen molar-refractivity contribution in [2.24, 2.45) is 0 Å². The molecule has 15 heavy (non-hydrogen) atoms. The molecule has 84 valence electrons. The first-order valence-electron chi connectivity index (χ1n) is 5.02. The molecule has 1 rings (SSSR count). The van der Waals surface area contributed by atoms with Crippen LogP contribution in [0, 0.1) is 5.82 Å². The minimum atomic E-state index is -0.456. The van der Waals surface area contributed by atoms with Gasteiger partial charge in [-0.15, -0.1) is 0 Å². The fraction of sp³-hybridized carbons (Fsp3) is 0.455. The van der Waals surface area contributed by atoms with Gasteiger partial charge in [-0.3, -0.25) is 0 Å². The van der Waals surface area contributed by atoms with Gasteiger partial charge in [0, 0.05) is 12.7 Å². The van der Waals surface area contributed by atoms with Crippen LogP contribution in [0.25, 0.3) is 0 Å². The largest absolute Gasteiger partial charge is 0.493 e. The van der Waals surface area contributed by atoms with E-state index in [1.807, 2.05) is 0 Å². The number of ether oxygens (including phenoxy) is 1. The third kappa shape index (κ3) is 4.16. The molecule has 0 unspecified atom stereocenters. The van der Waals surface area contributed by atoms with Crippen LogP contribution < -0.4 is 10.5 Å². The average Bonchev–Trinajstić information content (AvgIpc) is 2.23. The summed E-state index contributed by atoms with van der Waals surface area (Å²) in [5.41, 5.74) is 5.45.